The van der Waals surface area contributed by atoms with Crippen molar-refractivity contribution in [2.24, 2.45) is 11.8 Å². The topological polar surface area (TPSA) is 219 Å². The molecule has 0 amide bonds. The highest BCUT2D eigenvalue weighted by atomic mass is 16.4. The van der Waals surface area contributed by atoms with E-state index in [1.807, 2.05) is 0 Å². The zero-order valence-electron chi connectivity index (χ0n) is 25.0. The number of carboxylic acid groups (broad SMARTS) is 1. The fourth-order valence-electron chi connectivity index (χ4n) is 4.48. The van der Waals surface area contributed by atoms with Crippen molar-refractivity contribution in [3.05, 3.63) is 0 Å². The van der Waals surface area contributed by atoms with E-state index in [1.54, 1.807) is 27.7 Å². The van der Waals surface area contributed by atoms with Crippen LogP contribution in [0.3, 0.4) is 0 Å². The lowest BCUT2D eigenvalue weighted by Crippen LogP contribution is -2.66. The van der Waals surface area contributed by atoms with E-state index in [2.05, 4.69) is 16.0 Å². The van der Waals surface area contributed by atoms with Crippen LogP contribution in [0.2, 0.25) is 0 Å². The van der Waals surface area contributed by atoms with E-state index in [0.29, 0.717) is 12.8 Å². The Morgan fingerprint density at radius 2 is 1.15 bits per heavy atom. The van der Waals surface area contributed by atoms with Gasteiger partial charge in [-0.05, 0) is 46.8 Å². The predicted octanol–water partition coefficient (Wildman–Crippen LogP) is -1.21. The summed E-state index contributed by atoms with van der Waals surface area (Å²) in [7, 11) is 4.16. The van der Waals surface area contributed by atoms with Gasteiger partial charge in [-0.1, -0.05) is 40.5 Å². The van der Waals surface area contributed by atoms with Crippen LogP contribution in [-0.2, 0) is 28.8 Å². The highest BCUT2D eigenvalue weighted by Crippen LogP contribution is 2.30. The number of likely N-dealkylation sites (N-methyl/N-ethyl adjacent to an activating group) is 3. The van der Waals surface area contributed by atoms with Crippen LogP contribution in [0.25, 0.3) is 0 Å². The van der Waals surface area contributed by atoms with Crippen LogP contribution in [0.4, 0.5) is 0 Å². The first-order chi connectivity index (χ1) is 18.3. The Morgan fingerprint density at radius 3 is 1.52 bits per heavy atom. The number of ketones is 5. The summed E-state index contributed by atoms with van der Waals surface area (Å²) in [5, 5.41) is 51.1. The molecule has 0 rings (SSSR count). The normalized spacial score (nSPS) is 20.0. The Kier molecular flexibility index (Phi) is 14.1. The maximum atomic E-state index is 13.6. The van der Waals surface area contributed by atoms with Crippen molar-refractivity contribution >= 4 is 34.9 Å². The molecule has 0 aromatic carbocycles. The fourth-order valence-corrected chi connectivity index (χ4v) is 4.48. The summed E-state index contributed by atoms with van der Waals surface area (Å²) in [6, 6.07) is -3.32. The quantitative estimate of drug-likeness (QED) is 0.0851. The lowest BCUT2D eigenvalue weighted by molar-refractivity contribution is -0.181. The van der Waals surface area contributed by atoms with Gasteiger partial charge in [0.2, 0.25) is 11.4 Å². The molecule has 0 radical (unpaired) electrons. The monoisotopic (exact) mass is 573 g/mol. The SMILES string of the molecule is CCC(C)[C@H](NC)C(=O)CC(O)(C(=O)O)C(=O)C(O)(CC(=O)C(C)(O)C(=O)[C@@H](NC)C(C)CC)C(=O)[C@H](C)NC. The summed E-state index contributed by atoms with van der Waals surface area (Å²) >= 11 is 0. The minimum absolute atomic E-state index is 0.330. The number of nitrogens with one attached hydrogen (secondary N) is 3. The van der Waals surface area contributed by atoms with Crippen molar-refractivity contribution in [3.63, 3.8) is 0 Å². The van der Waals surface area contributed by atoms with E-state index in [1.165, 1.54) is 28.1 Å². The molecule has 0 saturated carbocycles. The first-order valence-corrected chi connectivity index (χ1v) is 13.4. The number of hydrogen-bond donors (Lipinski definition) is 7. The van der Waals surface area contributed by atoms with Gasteiger partial charge in [0.15, 0.2) is 34.3 Å². The smallest absolute Gasteiger partial charge is 0.344 e. The number of Topliss-reactive ketones (excluding diaryl/α,β-unsaturated/α-hetero) is 5. The van der Waals surface area contributed by atoms with Gasteiger partial charge in [0.25, 0.3) is 0 Å². The zero-order chi connectivity index (χ0) is 31.8. The summed E-state index contributed by atoms with van der Waals surface area (Å²) in [6.45, 7) is 8.98. The average molecular weight is 574 g/mol. The van der Waals surface area contributed by atoms with Gasteiger partial charge < -0.3 is 36.4 Å². The zero-order valence-corrected chi connectivity index (χ0v) is 25.0. The van der Waals surface area contributed by atoms with Gasteiger partial charge in [0, 0.05) is 0 Å². The van der Waals surface area contributed by atoms with Gasteiger partial charge >= 0.3 is 5.97 Å². The number of carbonyl (C=O) groups excluding carboxylic acids is 5. The number of aliphatic carboxylic acids is 1. The van der Waals surface area contributed by atoms with Crippen molar-refractivity contribution in [2.75, 3.05) is 21.1 Å². The Morgan fingerprint density at radius 1 is 0.700 bits per heavy atom. The molecule has 0 bridgehead atoms. The van der Waals surface area contributed by atoms with Crippen LogP contribution in [0, 0.1) is 11.8 Å². The highest BCUT2D eigenvalue weighted by Gasteiger charge is 2.61. The predicted molar refractivity (Wildman–Crippen MR) is 146 cm³/mol. The number of aliphatic hydroxyl groups is 3. The summed E-state index contributed by atoms with van der Waals surface area (Å²) in [5.74, 6) is -9.66. The molecule has 13 nitrogen and oxygen atoms in total. The molecule has 5 unspecified atom stereocenters. The largest absolute Gasteiger partial charge is 0.479 e. The molecule has 0 fully saturated rings. The third-order valence-electron chi connectivity index (χ3n) is 7.89. The second-order valence-corrected chi connectivity index (χ2v) is 10.7. The first-order valence-electron chi connectivity index (χ1n) is 13.4. The molecule has 40 heavy (non-hydrogen) atoms. The minimum Gasteiger partial charge on any atom is -0.479 e. The fraction of sp³-hybridized carbons (Fsp3) is 0.778. The molecule has 0 aliphatic carbocycles. The minimum atomic E-state index is -3.61. The van der Waals surface area contributed by atoms with Crippen LogP contribution in [0.5, 0.6) is 0 Å². The summed E-state index contributed by atoms with van der Waals surface area (Å²) in [4.78, 5) is 78.5. The van der Waals surface area contributed by atoms with E-state index in [4.69, 9.17) is 0 Å². The van der Waals surface area contributed by atoms with Gasteiger partial charge in [0.1, 0.15) is 0 Å². The molecular formula is C27H47N3O10. The van der Waals surface area contributed by atoms with Crippen LogP contribution >= 0.6 is 0 Å². The molecule has 0 aromatic heterocycles. The molecule has 0 heterocycles. The van der Waals surface area contributed by atoms with E-state index in [9.17, 15) is 49.2 Å². The second kappa shape index (κ2) is 15.0. The van der Waals surface area contributed by atoms with Gasteiger partial charge in [-0.15, -0.1) is 0 Å². The molecule has 0 spiro atoms. The molecule has 0 saturated heterocycles. The average Bonchev–Trinajstić information content (AvgIpc) is 2.91. The van der Waals surface area contributed by atoms with Gasteiger partial charge in [0.05, 0.1) is 31.0 Å². The van der Waals surface area contributed by atoms with Crippen molar-refractivity contribution in [1.29, 1.82) is 0 Å². The number of carboxylic acids is 1. The van der Waals surface area contributed by atoms with E-state index >= 15 is 0 Å². The molecule has 230 valence electrons. The van der Waals surface area contributed by atoms with Crippen LogP contribution in [-0.4, -0.2) is 111 Å². The summed E-state index contributed by atoms with van der Waals surface area (Å²) in [6.07, 6.45) is -1.87. The molecule has 7 N–H and O–H groups in total. The molecule has 0 aliphatic heterocycles. The molecule has 13 heteroatoms. The van der Waals surface area contributed by atoms with Crippen molar-refractivity contribution in [3.8, 4) is 0 Å². The molecule has 8 atom stereocenters. The van der Waals surface area contributed by atoms with E-state index in [0.717, 1.165) is 6.92 Å². The van der Waals surface area contributed by atoms with Crippen molar-refractivity contribution in [1.82, 2.24) is 16.0 Å². The van der Waals surface area contributed by atoms with Crippen molar-refractivity contribution < 1.29 is 49.2 Å². The number of rotatable bonds is 20. The maximum absolute atomic E-state index is 13.6. The van der Waals surface area contributed by atoms with Gasteiger partial charge in [-0.2, -0.15) is 0 Å². The lowest BCUT2D eigenvalue weighted by atomic mass is 9.72. The second-order valence-electron chi connectivity index (χ2n) is 10.7. The Hall–Kier alpha value is -2.42. The summed E-state index contributed by atoms with van der Waals surface area (Å²) < 4.78 is 0. The van der Waals surface area contributed by atoms with E-state index in [-0.39, 0.29) is 11.8 Å². The standard InChI is InChI=1S/C27H47N3O10/c1-10-14(3)19(29-8)17(31)12-27(40,24(36)37)23(35)26(39,21(33)16(5)28-7)13-18(32)25(6,38)22(34)20(30-9)15(4)11-2/h14-16,19-20,28-30,38-40H,10-13H2,1-9H3,(H,36,37)/t14?,15?,16-,19-,20-,25?,26?,27?/m0/s1. The van der Waals surface area contributed by atoms with Gasteiger partial charge in [-0.25, -0.2) is 4.79 Å². The third-order valence-corrected chi connectivity index (χ3v) is 7.89. The van der Waals surface area contributed by atoms with Crippen LogP contribution in [0.15, 0.2) is 0 Å². The lowest BCUT2D eigenvalue weighted by Gasteiger charge is -2.36. The first kappa shape index (κ1) is 37.6. The number of carbonyl (C=O) groups is 6. The molecule has 0 aliphatic rings. The summed E-state index contributed by atoms with van der Waals surface area (Å²) in [5.41, 5.74) is -9.94. The Balaban J connectivity index is 6.80. The van der Waals surface area contributed by atoms with Crippen LogP contribution in [0.1, 0.15) is 67.2 Å². The van der Waals surface area contributed by atoms with Crippen molar-refractivity contribution in [2.45, 2.75) is 102 Å². The van der Waals surface area contributed by atoms with E-state index < -0.39 is 82.7 Å². The van der Waals surface area contributed by atoms with Crippen LogP contribution < -0.4 is 16.0 Å². The maximum Gasteiger partial charge on any atom is 0.344 e. The molecular weight excluding hydrogens is 526 g/mol. The molecule has 0 aromatic rings. The third kappa shape index (κ3) is 7.86. The Bertz CT molecular complexity index is 968. The Labute approximate surface area is 235 Å². The highest BCUT2D eigenvalue weighted by molar-refractivity contribution is 6.25. The van der Waals surface area contributed by atoms with Gasteiger partial charge in [-0.3, -0.25) is 24.0 Å². The number of hydrogen-bond acceptors (Lipinski definition) is 12.